The summed E-state index contributed by atoms with van der Waals surface area (Å²) in [5, 5.41) is 0. The average Bonchev–Trinajstić information content (AvgIpc) is 2.34. The fraction of sp³-hybridized carbons (Fsp3) is 0.143. The number of rotatable bonds is 3. The number of Topliss-reactive ketones (excluding diaryl/α,β-unsaturated/α-hetero) is 1. The maximum Gasteiger partial charge on any atom is 0.188 e. The molecule has 2 rings (SSSR count). The van der Waals surface area contributed by atoms with Crippen molar-refractivity contribution >= 4 is 5.78 Å². The summed E-state index contributed by atoms with van der Waals surface area (Å²) in [5.41, 5.74) is 1.13. The number of aryl methyl sites for hydroxylation is 1. The molecule has 18 heavy (non-hydrogen) atoms. The Morgan fingerprint density at radius 2 is 2.06 bits per heavy atom. The first-order valence-corrected chi connectivity index (χ1v) is 5.46. The van der Waals surface area contributed by atoms with E-state index < -0.39 is 17.4 Å². The molecule has 0 saturated carbocycles. The van der Waals surface area contributed by atoms with Crippen molar-refractivity contribution < 1.29 is 13.6 Å². The second kappa shape index (κ2) is 5.04. The molecule has 0 fully saturated rings. The van der Waals surface area contributed by atoms with Crippen molar-refractivity contribution in [2.45, 2.75) is 13.3 Å². The number of ketones is 1. The molecule has 0 aliphatic carbocycles. The van der Waals surface area contributed by atoms with Crippen molar-refractivity contribution in [3.05, 3.63) is 65.0 Å². The molecular formula is C14H11F2NO. The van der Waals surface area contributed by atoms with Crippen LogP contribution in [0.25, 0.3) is 0 Å². The third-order valence-corrected chi connectivity index (χ3v) is 2.68. The number of halogens is 2. The standard InChI is InChI=1S/C14H11F2NO/c1-9-4-5-11(15)7-10(9)8-13(18)14-12(16)3-2-6-17-14/h2-7H,8H2,1H3. The van der Waals surface area contributed by atoms with E-state index in [1.54, 1.807) is 13.0 Å². The van der Waals surface area contributed by atoms with Gasteiger partial charge in [-0.05, 0) is 42.3 Å². The monoisotopic (exact) mass is 247 g/mol. The third kappa shape index (κ3) is 2.59. The summed E-state index contributed by atoms with van der Waals surface area (Å²) >= 11 is 0. The highest BCUT2D eigenvalue weighted by atomic mass is 19.1. The van der Waals surface area contributed by atoms with E-state index in [0.717, 1.165) is 5.56 Å². The molecule has 0 amide bonds. The Balaban J connectivity index is 2.27. The summed E-state index contributed by atoms with van der Waals surface area (Å²) in [6, 6.07) is 6.80. The molecule has 1 aromatic heterocycles. The number of pyridine rings is 1. The zero-order valence-corrected chi connectivity index (χ0v) is 9.78. The van der Waals surface area contributed by atoms with Gasteiger partial charge in [-0.1, -0.05) is 6.07 Å². The average molecular weight is 247 g/mol. The predicted molar refractivity (Wildman–Crippen MR) is 63.4 cm³/mol. The molecule has 0 aliphatic rings. The summed E-state index contributed by atoms with van der Waals surface area (Å²) in [6.07, 6.45) is 1.30. The van der Waals surface area contributed by atoms with Gasteiger partial charge in [0.2, 0.25) is 0 Å². The fourth-order valence-corrected chi connectivity index (χ4v) is 1.68. The molecule has 0 spiro atoms. The van der Waals surface area contributed by atoms with Crippen LogP contribution in [0.5, 0.6) is 0 Å². The molecule has 2 aromatic rings. The molecule has 0 radical (unpaired) electrons. The van der Waals surface area contributed by atoms with Gasteiger partial charge in [0, 0.05) is 12.6 Å². The van der Waals surface area contributed by atoms with Gasteiger partial charge in [-0.25, -0.2) is 8.78 Å². The van der Waals surface area contributed by atoms with Gasteiger partial charge < -0.3 is 0 Å². The van der Waals surface area contributed by atoms with Gasteiger partial charge in [-0.3, -0.25) is 9.78 Å². The maximum absolute atomic E-state index is 13.4. The summed E-state index contributed by atoms with van der Waals surface area (Å²) in [6.45, 7) is 1.77. The lowest BCUT2D eigenvalue weighted by atomic mass is 10.0. The zero-order chi connectivity index (χ0) is 13.1. The summed E-state index contributed by atoms with van der Waals surface area (Å²) in [5.74, 6) is -1.52. The number of hydrogen-bond acceptors (Lipinski definition) is 2. The van der Waals surface area contributed by atoms with E-state index in [2.05, 4.69) is 4.98 Å². The maximum atomic E-state index is 13.4. The van der Waals surface area contributed by atoms with Crippen LogP contribution in [0.15, 0.2) is 36.5 Å². The van der Waals surface area contributed by atoms with E-state index >= 15 is 0 Å². The largest absolute Gasteiger partial charge is 0.292 e. The van der Waals surface area contributed by atoms with E-state index in [4.69, 9.17) is 0 Å². The van der Waals surface area contributed by atoms with Crippen molar-refractivity contribution in [3.63, 3.8) is 0 Å². The van der Waals surface area contributed by atoms with Crippen molar-refractivity contribution in [1.82, 2.24) is 4.98 Å². The predicted octanol–water partition coefficient (Wildman–Crippen LogP) is 3.09. The van der Waals surface area contributed by atoms with Gasteiger partial charge in [0.05, 0.1) is 0 Å². The fourth-order valence-electron chi connectivity index (χ4n) is 1.68. The van der Waals surface area contributed by atoms with E-state index in [0.29, 0.717) is 5.56 Å². The lowest BCUT2D eigenvalue weighted by Crippen LogP contribution is -2.09. The molecule has 2 nitrogen and oxygen atoms in total. The summed E-state index contributed by atoms with van der Waals surface area (Å²) < 4.78 is 26.4. The molecule has 0 aliphatic heterocycles. The first kappa shape index (κ1) is 12.4. The first-order chi connectivity index (χ1) is 8.58. The van der Waals surface area contributed by atoms with Crippen molar-refractivity contribution in [1.29, 1.82) is 0 Å². The third-order valence-electron chi connectivity index (χ3n) is 2.68. The molecule has 1 heterocycles. The molecular weight excluding hydrogens is 236 g/mol. The van der Waals surface area contributed by atoms with Crippen LogP contribution in [0.3, 0.4) is 0 Å². The van der Waals surface area contributed by atoms with Crippen LogP contribution in [-0.4, -0.2) is 10.8 Å². The summed E-state index contributed by atoms with van der Waals surface area (Å²) in [4.78, 5) is 15.6. The van der Waals surface area contributed by atoms with Crippen LogP contribution < -0.4 is 0 Å². The lowest BCUT2D eigenvalue weighted by Gasteiger charge is -2.05. The van der Waals surface area contributed by atoms with Crippen molar-refractivity contribution in [3.8, 4) is 0 Å². The Morgan fingerprint density at radius 3 is 2.78 bits per heavy atom. The van der Waals surface area contributed by atoms with Crippen molar-refractivity contribution in [2.24, 2.45) is 0 Å². The molecule has 0 bridgehead atoms. The minimum absolute atomic E-state index is 0.0580. The SMILES string of the molecule is Cc1ccc(F)cc1CC(=O)c1ncccc1F. The van der Waals surface area contributed by atoms with E-state index in [1.807, 2.05) is 0 Å². The van der Waals surface area contributed by atoms with Crippen LogP contribution in [0, 0.1) is 18.6 Å². The Kier molecular flexibility index (Phi) is 3.46. The van der Waals surface area contributed by atoms with E-state index in [-0.39, 0.29) is 12.1 Å². The van der Waals surface area contributed by atoms with Crippen LogP contribution in [0.1, 0.15) is 21.6 Å². The normalized spacial score (nSPS) is 10.4. The Hall–Kier alpha value is -2.10. The number of aromatic nitrogens is 1. The van der Waals surface area contributed by atoms with Crippen LogP contribution in [-0.2, 0) is 6.42 Å². The second-order valence-corrected chi connectivity index (χ2v) is 4.00. The highest BCUT2D eigenvalue weighted by molar-refractivity contribution is 5.96. The number of nitrogens with zero attached hydrogens (tertiary/aromatic N) is 1. The van der Waals surface area contributed by atoms with Crippen molar-refractivity contribution in [2.75, 3.05) is 0 Å². The van der Waals surface area contributed by atoms with Gasteiger partial charge in [-0.15, -0.1) is 0 Å². The minimum atomic E-state index is -0.656. The number of benzene rings is 1. The molecule has 0 N–H and O–H groups in total. The van der Waals surface area contributed by atoms with Gasteiger partial charge >= 0.3 is 0 Å². The van der Waals surface area contributed by atoms with Gasteiger partial charge in [0.15, 0.2) is 11.6 Å². The van der Waals surface area contributed by atoms with Gasteiger partial charge in [-0.2, -0.15) is 0 Å². The van der Waals surface area contributed by atoms with Gasteiger partial charge in [0.1, 0.15) is 11.5 Å². The van der Waals surface area contributed by atoms with E-state index in [9.17, 15) is 13.6 Å². The number of hydrogen-bond donors (Lipinski definition) is 0. The quantitative estimate of drug-likeness (QED) is 0.780. The second-order valence-electron chi connectivity index (χ2n) is 4.00. The highest BCUT2D eigenvalue weighted by Gasteiger charge is 2.14. The lowest BCUT2D eigenvalue weighted by molar-refractivity contribution is 0.0983. The smallest absolute Gasteiger partial charge is 0.188 e. The van der Waals surface area contributed by atoms with Gasteiger partial charge in [0.25, 0.3) is 0 Å². The Morgan fingerprint density at radius 1 is 1.28 bits per heavy atom. The molecule has 0 unspecified atom stereocenters. The highest BCUT2D eigenvalue weighted by Crippen LogP contribution is 2.14. The molecule has 4 heteroatoms. The zero-order valence-electron chi connectivity index (χ0n) is 9.78. The first-order valence-electron chi connectivity index (χ1n) is 5.46. The number of carbonyl (C=O) groups is 1. The topological polar surface area (TPSA) is 30.0 Å². The Labute approximate surface area is 103 Å². The molecule has 92 valence electrons. The number of carbonyl (C=O) groups excluding carboxylic acids is 1. The molecule has 0 saturated heterocycles. The molecule has 0 atom stereocenters. The van der Waals surface area contributed by atoms with Crippen LogP contribution in [0.2, 0.25) is 0 Å². The van der Waals surface area contributed by atoms with Crippen LogP contribution in [0.4, 0.5) is 8.78 Å². The molecule has 1 aromatic carbocycles. The van der Waals surface area contributed by atoms with E-state index in [1.165, 1.54) is 30.5 Å². The Bertz CT molecular complexity index is 596. The summed E-state index contributed by atoms with van der Waals surface area (Å²) in [7, 11) is 0. The minimum Gasteiger partial charge on any atom is -0.292 e. The van der Waals surface area contributed by atoms with Crippen LogP contribution >= 0.6 is 0 Å².